The van der Waals surface area contributed by atoms with Gasteiger partial charge in [-0.3, -0.25) is 4.79 Å². The number of benzene rings is 1. The third-order valence-corrected chi connectivity index (χ3v) is 6.35. The van der Waals surface area contributed by atoms with Gasteiger partial charge in [0, 0.05) is 6.54 Å². The lowest BCUT2D eigenvalue weighted by Gasteiger charge is -2.18. The van der Waals surface area contributed by atoms with Gasteiger partial charge in [-0.25, -0.2) is 4.98 Å². The standard InChI is InChI=1S/C18H16N2OS2/c1-11-5-3-6-13-8-9-20(15(11)13)18(21)16-12(2)19-17(23-16)14-7-4-10-22-14/h3-7,10H,8-9H2,1-2H3. The highest BCUT2D eigenvalue weighted by Crippen LogP contribution is 2.36. The number of thiophene rings is 1. The van der Waals surface area contributed by atoms with E-state index in [1.165, 1.54) is 16.9 Å². The zero-order valence-corrected chi connectivity index (χ0v) is 14.6. The van der Waals surface area contributed by atoms with Crippen LogP contribution in [0.15, 0.2) is 35.7 Å². The average Bonchev–Trinajstić information content (AvgIpc) is 3.25. The molecule has 0 radical (unpaired) electrons. The summed E-state index contributed by atoms with van der Waals surface area (Å²) in [6, 6.07) is 10.3. The van der Waals surface area contributed by atoms with Crippen molar-refractivity contribution < 1.29 is 4.79 Å². The maximum atomic E-state index is 13.1. The van der Waals surface area contributed by atoms with Gasteiger partial charge in [0.1, 0.15) is 9.88 Å². The molecule has 1 aromatic carbocycles. The number of fused-ring (bicyclic) bond motifs is 1. The number of carbonyl (C=O) groups excluding carboxylic acids is 1. The van der Waals surface area contributed by atoms with Crippen LogP contribution in [0.25, 0.3) is 9.88 Å². The molecule has 2 aromatic heterocycles. The van der Waals surface area contributed by atoms with E-state index < -0.39 is 0 Å². The Morgan fingerprint density at radius 1 is 1.22 bits per heavy atom. The lowest BCUT2D eigenvalue weighted by molar-refractivity contribution is 0.0992. The summed E-state index contributed by atoms with van der Waals surface area (Å²) in [5.74, 6) is 0.0795. The van der Waals surface area contributed by atoms with E-state index in [2.05, 4.69) is 30.1 Å². The second-order valence-electron chi connectivity index (χ2n) is 5.70. The number of carbonyl (C=O) groups is 1. The molecule has 3 heterocycles. The Hall–Kier alpha value is -1.98. The minimum atomic E-state index is 0.0795. The van der Waals surface area contributed by atoms with Crippen molar-refractivity contribution in [2.75, 3.05) is 11.4 Å². The maximum Gasteiger partial charge on any atom is 0.270 e. The van der Waals surface area contributed by atoms with Crippen LogP contribution >= 0.6 is 22.7 Å². The van der Waals surface area contributed by atoms with Crippen molar-refractivity contribution in [3.8, 4) is 9.88 Å². The first-order valence-corrected chi connectivity index (χ1v) is 9.26. The second kappa shape index (κ2) is 5.58. The highest BCUT2D eigenvalue weighted by Gasteiger charge is 2.29. The minimum Gasteiger partial charge on any atom is -0.307 e. The zero-order chi connectivity index (χ0) is 16.0. The van der Waals surface area contributed by atoms with Crippen LogP contribution in [-0.4, -0.2) is 17.4 Å². The molecule has 3 aromatic rings. The topological polar surface area (TPSA) is 33.2 Å². The molecule has 1 aliphatic heterocycles. The molecule has 0 saturated heterocycles. The smallest absolute Gasteiger partial charge is 0.270 e. The quantitative estimate of drug-likeness (QED) is 0.678. The van der Waals surface area contributed by atoms with Gasteiger partial charge < -0.3 is 4.90 Å². The molecule has 0 fully saturated rings. The van der Waals surface area contributed by atoms with Gasteiger partial charge in [0.05, 0.1) is 16.3 Å². The number of nitrogens with zero attached hydrogens (tertiary/aromatic N) is 2. The van der Waals surface area contributed by atoms with Crippen molar-refractivity contribution >= 4 is 34.3 Å². The first kappa shape index (κ1) is 14.6. The largest absolute Gasteiger partial charge is 0.307 e. The molecule has 23 heavy (non-hydrogen) atoms. The molecule has 0 N–H and O–H groups in total. The lowest BCUT2D eigenvalue weighted by atomic mass is 10.1. The van der Waals surface area contributed by atoms with Crippen molar-refractivity contribution in [3.63, 3.8) is 0 Å². The third-order valence-electron chi connectivity index (χ3n) is 4.16. The van der Waals surface area contributed by atoms with Crippen molar-refractivity contribution in [2.24, 2.45) is 0 Å². The number of hydrogen-bond acceptors (Lipinski definition) is 4. The Bertz CT molecular complexity index is 881. The number of para-hydroxylation sites is 1. The summed E-state index contributed by atoms with van der Waals surface area (Å²) < 4.78 is 0. The Labute approximate surface area is 143 Å². The summed E-state index contributed by atoms with van der Waals surface area (Å²) in [6.07, 6.45) is 0.929. The molecule has 116 valence electrons. The van der Waals surface area contributed by atoms with E-state index in [4.69, 9.17) is 0 Å². The number of thiazole rings is 1. The van der Waals surface area contributed by atoms with Crippen LogP contribution in [0.5, 0.6) is 0 Å². The van der Waals surface area contributed by atoms with Crippen LogP contribution in [0.2, 0.25) is 0 Å². The molecule has 0 aliphatic carbocycles. The van der Waals surface area contributed by atoms with Gasteiger partial charge in [-0.05, 0) is 42.8 Å². The van der Waals surface area contributed by atoms with Crippen LogP contribution in [-0.2, 0) is 6.42 Å². The summed E-state index contributed by atoms with van der Waals surface area (Å²) in [5, 5.41) is 2.97. The van der Waals surface area contributed by atoms with Crippen LogP contribution in [0, 0.1) is 13.8 Å². The van der Waals surface area contributed by atoms with Gasteiger partial charge in [-0.2, -0.15) is 0 Å². The Kier molecular flexibility index (Phi) is 3.54. The number of aromatic nitrogens is 1. The Morgan fingerprint density at radius 2 is 2.09 bits per heavy atom. The van der Waals surface area contributed by atoms with Gasteiger partial charge in [0.25, 0.3) is 5.91 Å². The first-order valence-electron chi connectivity index (χ1n) is 7.57. The maximum absolute atomic E-state index is 13.1. The molecule has 0 bridgehead atoms. The second-order valence-corrected chi connectivity index (χ2v) is 7.65. The fraction of sp³-hybridized carbons (Fsp3) is 0.222. The van der Waals surface area contributed by atoms with Gasteiger partial charge in [-0.1, -0.05) is 24.3 Å². The van der Waals surface area contributed by atoms with E-state index in [0.29, 0.717) is 0 Å². The van der Waals surface area contributed by atoms with Crippen molar-refractivity contribution in [2.45, 2.75) is 20.3 Å². The number of aryl methyl sites for hydroxylation is 2. The number of hydrogen-bond donors (Lipinski definition) is 0. The van der Waals surface area contributed by atoms with Crippen molar-refractivity contribution in [1.82, 2.24) is 4.98 Å². The first-order chi connectivity index (χ1) is 11.1. The molecule has 0 spiro atoms. The molecule has 4 rings (SSSR count). The summed E-state index contributed by atoms with van der Waals surface area (Å²) in [4.78, 5) is 21.5. The summed E-state index contributed by atoms with van der Waals surface area (Å²) >= 11 is 3.16. The van der Waals surface area contributed by atoms with Gasteiger partial charge in [0.2, 0.25) is 0 Å². The zero-order valence-electron chi connectivity index (χ0n) is 13.0. The number of anilines is 1. The summed E-state index contributed by atoms with van der Waals surface area (Å²) in [5.41, 5.74) is 4.33. The molecule has 1 amide bonds. The van der Waals surface area contributed by atoms with Crippen LogP contribution in [0.4, 0.5) is 5.69 Å². The third kappa shape index (κ3) is 2.40. The molecule has 0 atom stereocenters. The van der Waals surface area contributed by atoms with Crippen molar-refractivity contribution in [1.29, 1.82) is 0 Å². The molecule has 0 saturated carbocycles. The molecule has 3 nitrogen and oxygen atoms in total. The van der Waals surface area contributed by atoms with Crippen LogP contribution < -0.4 is 4.90 Å². The minimum absolute atomic E-state index is 0.0795. The van der Waals surface area contributed by atoms with Gasteiger partial charge in [-0.15, -0.1) is 22.7 Å². The average molecular weight is 340 g/mol. The summed E-state index contributed by atoms with van der Waals surface area (Å²) in [6.45, 7) is 4.75. The fourth-order valence-electron chi connectivity index (χ4n) is 3.08. The Morgan fingerprint density at radius 3 is 2.87 bits per heavy atom. The van der Waals surface area contributed by atoms with Gasteiger partial charge >= 0.3 is 0 Å². The molecule has 1 aliphatic rings. The highest BCUT2D eigenvalue weighted by molar-refractivity contribution is 7.22. The van der Waals surface area contributed by atoms with E-state index in [9.17, 15) is 4.79 Å². The molecule has 5 heteroatoms. The number of rotatable bonds is 2. The monoisotopic (exact) mass is 340 g/mol. The lowest BCUT2D eigenvalue weighted by Crippen LogP contribution is -2.29. The normalized spacial score (nSPS) is 13.4. The highest BCUT2D eigenvalue weighted by atomic mass is 32.1. The van der Waals surface area contributed by atoms with Crippen LogP contribution in [0.3, 0.4) is 0 Å². The SMILES string of the molecule is Cc1cccc2c1N(C(=O)c1sc(-c3cccs3)nc1C)CC2. The van der Waals surface area contributed by atoms with Crippen molar-refractivity contribution in [3.05, 3.63) is 57.4 Å². The van der Waals surface area contributed by atoms with E-state index in [1.54, 1.807) is 11.3 Å². The van der Waals surface area contributed by atoms with E-state index >= 15 is 0 Å². The summed E-state index contributed by atoms with van der Waals surface area (Å²) in [7, 11) is 0. The Balaban J connectivity index is 1.72. The molecular formula is C18H16N2OS2. The number of amides is 1. The fourth-order valence-corrected chi connectivity index (χ4v) is 4.89. The van der Waals surface area contributed by atoms with E-state index in [1.807, 2.05) is 29.3 Å². The van der Waals surface area contributed by atoms with Crippen LogP contribution in [0.1, 0.15) is 26.5 Å². The molecular weight excluding hydrogens is 324 g/mol. The predicted molar refractivity (Wildman–Crippen MR) is 96.7 cm³/mol. The van der Waals surface area contributed by atoms with E-state index in [-0.39, 0.29) is 5.91 Å². The van der Waals surface area contributed by atoms with E-state index in [0.717, 1.165) is 44.7 Å². The molecule has 0 unspecified atom stereocenters. The predicted octanol–water partition coefficient (Wildman–Crippen LogP) is 4.69. The van der Waals surface area contributed by atoms with Gasteiger partial charge in [0.15, 0.2) is 0 Å².